The van der Waals surface area contributed by atoms with Gasteiger partial charge in [0, 0.05) is 32.9 Å². The number of ether oxygens (including phenoxy) is 1. The lowest BCUT2D eigenvalue weighted by Gasteiger charge is -2.16. The van der Waals surface area contributed by atoms with Gasteiger partial charge in [-0.3, -0.25) is 4.90 Å². The molecule has 2 rings (SSSR count). The van der Waals surface area contributed by atoms with Crippen LogP contribution in [0.3, 0.4) is 0 Å². The van der Waals surface area contributed by atoms with Gasteiger partial charge in [-0.2, -0.15) is 0 Å². The third-order valence-corrected chi connectivity index (χ3v) is 3.73. The van der Waals surface area contributed by atoms with Gasteiger partial charge in [0.05, 0.1) is 29.2 Å². The Morgan fingerprint density at radius 1 is 1.42 bits per heavy atom. The number of rotatable bonds is 7. The molecule has 0 saturated heterocycles. The number of imidazole rings is 1. The second-order valence-corrected chi connectivity index (χ2v) is 5.36. The molecule has 0 atom stereocenters. The molecule has 0 saturated carbocycles. The van der Waals surface area contributed by atoms with Crippen LogP contribution in [-0.2, 0) is 24.4 Å². The Morgan fingerprint density at radius 3 is 2.95 bits per heavy atom. The first-order valence-electron chi connectivity index (χ1n) is 6.15. The SMILES string of the molecule is COCCn1cncc1CN(C)Cc1snnc1C. The molecule has 2 heterocycles. The summed E-state index contributed by atoms with van der Waals surface area (Å²) >= 11 is 1.46. The Kier molecular flexibility index (Phi) is 5.00. The van der Waals surface area contributed by atoms with E-state index >= 15 is 0 Å². The Balaban J connectivity index is 1.93. The van der Waals surface area contributed by atoms with Gasteiger partial charge in [-0.25, -0.2) is 4.98 Å². The van der Waals surface area contributed by atoms with Crippen molar-refractivity contribution < 1.29 is 4.74 Å². The monoisotopic (exact) mass is 281 g/mol. The van der Waals surface area contributed by atoms with Gasteiger partial charge in [0.1, 0.15) is 0 Å². The molecule has 0 unspecified atom stereocenters. The molecule has 2 aromatic heterocycles. The van der Waals surface area contributed by atoms with Crippen molar-refractivity contribution in [1.82, 2.24) is 24.0 Å². The van der Waals surface area contributed by atoms with Crippen molar-refractivity contribution in [3.63, 3.8) is 0 Å². The molecule has 0 fully saturated rings. The van der Waals surface area contributed by atoms with Crippen LogP contribution < -0.4 is 0 Å². The molecule has 0 aliphatic heterocycles. The number of hydrogen-bond donors (Lipinski definition) is 0. The van der Waals surface area contributed by atoms with Crippen LogP contribution in [0, 0.1) is 6.92 Å². The lowest BCUT2D eigenvalue weighted by molar-refractivity contribution is 0.185. The van der Waals surface area contributed by atoms with E-state index in [1.807, 2.05) is 19.4 Å². The molecule has 104 valence electrons. The van der Waals surface area contributed by atoms with Crippen molar-refractivity contribution in [3.8, 4) is 0 Å². The molecular formula is C12H19N5OS. The van der Waals surface area contributed by atoms with Crippen molar-refractivity contribution in [3.05, 3.63) is 28.8 Å². The van der Waals surface area contributed by atoms with Crippen molar-refractivity contribution >= 4 is 11.5 Å². The van der Waals surface area contributed by atoms with Crippen LogP contribution in [0.1, 0.15) is 16.3 Å². The molecule has 19 heavy (non-hydrogen) atoms. The van der Waals surface area contributed by atoms with Gasteiger partial charge in [0.25, 0.3) is 0 Å². The molecule has 0 bridgehead atoms. The highest BCUT2D eigenvalue weighted by Crippen LogP contribution is 2.13. The average molecular weight is 281 g/mol. The van der Waals surface area contributed by atoms with Crippen LogP contribution in [0.2, 0.25) is 0 Å². The first-order valence-corrected chi connectivity index (χ1v) is 6.92. The lowest BCUT2D eigenvalue weighted by atomic mass is 10.3. The zero-order chi connectivity index (χ0) is 13.7. The highest BCUT2D eigenvalue weighted by molar-refractivity contribution is 7.05. The summed E-state index contributed by atoms with van der Waals surface area (Å²) in [4.78, 5) is 7.65. The molecule has 6 nitrogen and oxygen atoms in total. The van der Waals surface area contributed by atoms with E-state index in [4.69, 9.17) is 4.74 Å². The average Bonchev–Trinajstić information content (AvgIpc) is 2.97. The fourth-order valence-electron chi connectivity index (χ4n) is 1.84. The second kappa shape index (κ2) is 6.74. The van der Waals surface area contributed by atoms with Crippen LogP contribution in [0.15, 0.2) is 12.5 Å². The highest BCUT2D eigenvalue weighted by atomic mass is 32.1. The number of methoxy groups -OCH3 is 1. The maximum absolute atomic E-state index is 5.10. The Bertz CT molecular complexity index is 510. The fraction of sp³-hybridized carbons (Fsp3) is 0.583. The van der Waals surface area contributed by atoms with Crippen molar-refractivity contribution in [1.29, 1.82) is 0 Å². The van der Waals surface area contributed by atoms with Crippen LogP contribution in [-0.4, -0.2) is 44.8 Å². The molecule has 0 aliphatic rings. The molecule has 0 radical (unpaired) electrons. The Hall–Kier alpha value is -1.31. The van der Waals surface area contributed by atoms with Crippen LogP contribution in [0.5, 0.6) is 0 Å². The summed E-state index contributed by atoms with van der Waals surface area (Å²) in [5, 5.41) is 4.03. The van der Waals surface area contributed by atoms with Crippen LogP contribution >= 0.6 is 11.5 Å². The van der Waals surface area contributed by atoms with Gasteiger partial charge >= 0.3 is 0 Å². The molecule has 7 heteroatoms. The van der Waals surface area contributed by atoms with Gasteiger partial charge in [-0.1, -0.05) is 4.49 Å². The quantitative estimate of drug-likeness (QED) is 0.766. The highest BCUT2D eigenvalue weighted by Gasteiger charge is 2.10. The van der Waals surface area contributed by atoms with E-state index in [0.29, 0.717) is 6.61 Å². The summed E-state index contributed by atoms with van der Waals surface area (Å²) in [7, 11) is 3.80. The van der Waals surface area contributed by atoms with E-state index in [9.17, 15) is 0 Å². The lowest BCUT2D eigenvalue weighted by Crippen LogP contribution is -2.20. The molecule has 0 aromatic carbocycles. The Labute approximate surface area is 117 Å². The standard InChI is InChI=1S/C12H19N5OS/c1-10-12(19-15-14-10)8-16(2)7-11-6-13-9-17(11)4-5-18-3/h6,9H,4-5,7-8H2,1-3H3. The molecule has 0 aliphatic carbocycles. The normalized spacial score (nSPS) is 11.4. The number of aromatic nitrogens is 4. The Morgan fingerprint density at radius 2 is 2.26 bits per heavy atom. The predicted molar refractivity (Wildman–Crippen MR) is 73.9 cm³/mol. The third-order valence-electron chi connectivity index (χ3n) is 2.93. The number of aryl methyl sites for hydroxylation is 1. The van der Waals surface area contributed by atoms with E-state index in [1.165, 1.54) is 22.1 Å². The van der Waals surface area contributed by atoms with E-state index in [-0.39, 0.29) is 0 Å². The van der Waals surface area contributed by atoms with Crippen molar-refractivity contribution in [2.45, 2.75) is 26.6 Å². The molecular weight excluding hydrogens is 262 g/mol. The molecule has 2 aromatic rings. The summed E-state index contributed by atoms with van der Waals surface area (Å²) < 4.78 is 11.2. The largest absolute Gasteiger partial charge is 0.383 e. The van der Waals surface area contributed by atoms with E-state index < -0.39 is 0 Å². The first kappa shape index (κ1) is 14.1. The van der Waals surface area contributed by atoms with Gasteiger partial charge in [0.2, 0.25) is 0 Å². The van der Waals surface area contributed by atoms with E-state index in [2.05, 4.69) is 31.1 Å². The van der Waals surface area contributed by atoms with E-state index in [1.54, 1.807) is 7.11 Å². The summed E-state index contributed by atoms with van der Waals surface area (Å²) in [5.41, 5.74) is 2.21. The minimum atomic E-state index is 0.699. The van der Waals surface area contributed by atoms with Crippen molar-refractivity contribution in [2.75, 3.05) is 20.8 Å². The summed E-state index contributed by atoms with van der Waals surface area (Å²) in [5.74, 6) is 0. The van der Waals surface area contributed by atoms with Gasteiger partial charge in [0.15, 0.2) is 0 Å². The predicted octanol–water partition coefficient (Wildman–Crippen LogP) is 1.32. The fourth-order valence-corrected chi connectivity index (χ4v) is 2.56. The number of hydrogen-bond acceptors (Lipinski definition) is 6. The van der Waals surface area contributed by atoms with E-state index in [0.717, 1.165) is 25.3 Å². The van der Waals surface area contributed by atoms with Gasteiger partial charge in [-0.15, -0.1) is 5.10 Å². The zero-order valence-electron chi connectivity index (χ0n) is 11.5. The zero-order valence-corrected chi connectivity index (χ0v) is 12.4. The summed E-state index contributed by atoms with van der Waals surface area (Å²) in [6.45, 7) is 5.24. The molecule has 0 N–H and O–H groups in total. The smallest absolute Gasteiger partial charge is 0.0949 e. The second-order valence-electron chi connectivity index (χ2n) is 4.52. The maximum atomic E-state index is 5.10. The van der Waals surface area contributed by atoms with Crippen LogP contribution in [0.4, 0.5) is 0 Å². The van der Waals surface area contributed by atoms with Crippen LogP contribution in [0.25, 0.3) is 0 Å². The van der Waals surface area contributed by atoms with Crippen molar-refractivity contribution in [2.24, 2.45) is 0 Å². The summed E-state index contributed by atoms with van der Waals surface area (Å²) in [6, 6.07) is 0. The van der Waals surface area contributed by atoms with Gasteiger partial charge in [-0.05, 0) is 25.5 Å². The topological polar surface area (TPSA) is 56.1 Å². The minimum absolute atomic E-state index is 0.699. The first-order chi connectivity index (χ1) is 9.20. The minimum Gasteiger partial charge on any atom is -0.383 e. The number of nitrogens with zero attached hydrogens (tertiary/aromatic N) is 5. The molecule has 0 amide bonds. The van der Waals surface area contributed by atoms with Gasteiger partial charge < -0.3 is 9.30 Å². The molecule has 0 spiro atoms. The summed E-state index contributed by atoms with van der Waals surface area (Å²) in [6.07, 6.45) is 3.76. The maximum Gasteiger partial charge on any atom is 0.0949 e. The third kappa shape index (κ3) is 3.82.